The van der Waals surface area contributed by atoms with E-state index in [1.54, 1.807) is 6.20 Å². The predicted molar refractivity (Wildman–Crippen MR) is 50.3 cm³/mol. The molecule has 0 aliphatic heterocycles. The number of Topliss-reactive ketones (excluding diaryl/α,β-unsaturated/α-hetero) is 1. The molecule has 0 saturated carbocycles. The van der Waals surface area contributed by atoms with Crippen molar-refractivity contribution in [3.63, 3.8) is 0 Å². The van der Waals surface area contributed by atoms with Crippen LogP contribution in [-0.2, 0) is 11.2 Å². The Morgan fingerprint density at radius 2 is 2.23 bits per heavy atom. The molecule has 1 aromatic rings. The van der Waals surface area contributed by atoms with Gasteiger partial charge in [-0.25, -0.2) is 9.97 Å². The van der Waals surface area contributed by atoms with Crippen molar-refractivity contribution in [3.05, 3.63) is 23.8 Å². The van der Waals surface area contributed by atoms with Crippen molar-refractivity contribution < 1.29 is 4.79 Å². The maximum Gasteiger partial charge on any atom is 0.142 e. The van der Waals surface area contributed by atoms with Gasteiger partial charge in [-0.3, -0.25) is 4.79 Å². The summed E-state index contributed by atoms with van der Waals surface area (Å²) in [5.74, 6) is 0.869. The molecule has 0 unspecified atom stereocenters. The van der Waals surface area contributed by atoms with Crippen molar-refractivity contribution in [1.82, 2.24) is 9.97 Å². The zero-order valence-electron chi connectivity index (χ0n) is 8.24. The average molecular weight is 178 g/mol. The van der Waals surface area contributed by atoms with E-state index >= 15 is 0 Å². The summed E-state index contributed by atoms with van der Waals surface area (Å²) >= 11 is 0. The minimum Gasteiger partial charge on any atom is -0.299 e. The van der Waals surface area contributed by atoms with Crippen LogP contribution in [0.25, 0.3) is 0 Å². The van der Waals surface area contributed by atoms with Crippen LogP contribution in [0.5, 0.6) is 0 Å². The van der Waals surface area contributed by atoms with E-state index in [9.17, 15) is 4.79 Å². The maximum absolute atomic E-state index is 11.3. The van der Waals surface area contributed by atoms with Crippen LogP contribution in [0.2, 0.25) is 0 Å². The number of aryl methyl sites for hydroxylation is 1. The van der Waals surface area contributed by atoms with E-state index in [4.69, 9.17) is 0 Å². The van der Waals surface area contributed by atoms with E-state index < -0.39 is 0 Å². The molecule has 0 aliphatic carbocycles. The Labute approximate surface area is 78.2 Å². The van der Waals surface area contributed by atoms with E-state index in [0.717, 1.165) is 5.69 Å². The number of nitrogens with zero attached hydrogens (tertiary/aromatic N) is 2. The molecule has 3 nitrogen and oxygen atoms in total. The molecule has 70 valence electrons. The van der Waals surface area contributed by atoms with Crippen LogP contribution in [0.3, 0.4) is 0 Å². The van der Waals surface area contributed by atoms with Crippen molar-refractivity contribution in [3.8, 4) is 0 Å². The highest BCUT2D eigenvalue weighted by Gasteiger charge is 2.09. The highest BCUT2D eigenvalue weighted by Crippen LogP contribution is 2.01. The van der Waals surface area contributed by atoms with Crippen molar-refractivity contribution in [2.75, 3.05) is 0 Å². The fourth-order valence-electron chi connectivity index (χ4n) is 0.946. The van der Waals surface area contributed by atoms with Gasteiger partial charge < -0.3 is 0 Å². The second-order valence-corrected chi connectivity index (χ2v) is 3.41. The second kappa shape index (κ2) is 4.12. The highest BCUT2D eigenvalue weighted by atomic mass is 16.1. The molecule has 0 N–H and O–H groups in total. The van der Waals surface area contributed by atoms with Gasteiger partial charge in [-0.15, -0.1) is 0 Å². The molecule has 0 aromatic carbocycles. The van der Waals surface area contributed by atoms with Crippen LogP contribution in [0.1, 0.15) is 25.4 Å². The third-order valence-corrected chi connectivity index (χ3v) is 1.82. The number of carbonyl (C=O) groups is 1. The molecule has 0 atom stereocenters. The first kappa shape index (κ1) is 9.84. The van der Waals surface area contributed by atoms with Gasteiger partial charge in [0, 0.05) is 17.8 Å². The summed E-state index contributed by atoms with van der Waals surface area (Å²) in [4.78, 5) is 19.5. The molecule has 0 bridgehead atoms. The monoisotopic (exact) mass is 178 g/mol. The standard InChI is InChI=1S/C10H14N2O/c1-7(2)9(13)6-10-11-5-4-8(3)12-10/h4-5,7H,6H2,1-3H3. The van der Waals surface area contributed by atoms with Gasteiger partial charge in [0.2, 0.25) is 0 Å². The van der Waals surface area contributed by atoms with Crippen LogP contribution in [0.15, 0.2) is 12.3 Å². The molecule has 0 spiro atoms. The number of ketones is 1. The molecule has 0 fully saturated rings. The number of hydrogen-bond acceptors (Lipinski definition) is 3. The first-order valence-electron chi connectivity index (χ1n) is 4.41. The molecule has 13 heavy (non-hydrogen) atoms. The molecule has 0 aliphatic rings. The van der Waals surface area contributed by atoms with E-state index in [0.29, 0.717) is 12.2 Å². The first-order chi connectivity index (χ1) is 6.09. The fraction of sp³-hybridized carbons (Fsp3) is 0.500. The predicted octanol–water partition coefficient (Wildman–Crippen LogP) is 1.55. The van der Waals surface area contributed by atoms with Gasteiger partial charge in [-0.05, 0) is 13.0 Å². The zero-order valence-corrected chi connectivity index (χ0v) is 8.24. The minimum atomic E-state index is 0.0594. The normalized spacial score (nSPS) is 10.5. The lowest BCUT2D eigenvalue weighted by Gasteiger charge is -2.02. The largest absolute Gasteiger partial charge is 0.299 e. The lowest BCUT2D eigenvalue weighted by atomic mass is 10.1. The number of rotatable bonds is 3. The Morgan fingerprint density at radius 1 is 1.54 bits per heavy atom. The van der Waals surface area contributed by atoms with E-state index in [1.807, 2.05) is 26.8 Å². The molecular formula is C10H14N2O. The van der Waals surface area contributed by atoms with Crippen LogP contribution < -0.4 is 0 Å². The third kappa shape index (κ3) is 2.93. The molecule has 1 aromatic heterocycles. The SMILES string of the molecule is Cc1ccnc(CC(=O)C(C)C)n1. The minimum absolute atomic E-state index is 0.0594. The van der Waals surface area contributed by atoms with Crippen molar-refractivity contribution in [2.45, 2.75) is 27.2 Å². The number of carbonyl (C=O) groups excluding carboxylic acids is 1. The number of aromatic nitrogens is 2. The third-order valence-electron chi connectivity index (χ3n) is 1.82. The van der Waals surface area contributed by atoms with E-state index in [2.05, 4.69) is 9.97 Å². The summed E-state index contributed by atoms with van der Waals surface area (Å²) in [6.07, 6.45) is 2.03. The summed E-state index contributed by atoms with van der Waals surface area (Å²) in [7, 11) is 0. The van der Waals surface area contributed by atoms with Gasteiger partial charge >= 0.3 is 0 Å². The first-order valence-corrected chi connectivity index (χ1v) is 4.41. The zero-order chi connectivity index (χ0) is 9.84. The van der Waals surface area contributed by atoms with Crippen molar-refractivity contribution >= 4 is 5.78 Å². The van der Waals surface area contributed by atoms with Gasteiger partial charge in [-0.1, -0.05) is 13.8 Å². The lowest BCUT2D eigenvalue weighted by molar-refractivity contribution is -0.121. The van der Waals surface area contributed by atoms with E-state index in [1.165, 1.54) is 0 Å². The molecule has 0 amide bonds. The quantitative estimate of drug-likeness (QED) is 0.705. The Hall–Kier alpha value is -1.25. The van der Waals surface area contributed by atoms with Crippen LogP contribution in [0.4, 0.5) is 0 Å². The van der Waals surface area contributed by atoms with Crippen molar-refractivity contribution in [1.29, 1.82) is 0 Å². The van der Waals surface area contributed by atoms with Crippen LogP contribution in [0, 0.1) is 12.8 Å². The molecule has 0 radical (unpaired) electrons. The molecular weight excluding hydrogens is 164 g/mol. The van der Waals surface area contributed by atoms with Gasteiger partial charge in [0.25, 0.3) is 0 Å². The Balaban J connectivity index is 2.69. The Bertz CT molecular complexity index is 308. The van der Waals surface area contributed by atoms with Crippen LogP contribution in [-0.4, -0.2) is 15.8 Å². The summed E-state index contributed by atoms with van der Waals surface area (Å²) in [6.45, 7) is 5.67. The summed E-state index contributed by atoms with van der Waals surface area (Å²) in [5, 5.41) is 0. The van der Waals surface area contributed by atoms with Gasteiger partial charge in [0.1, 0.15) is 11.6 Å². The van der Waals surface area contributed by atoms with E-state index in [-0.39, 0.29) is 11.7 Å². The van der Waals surface area contributed by atoms with Crippen LogP contribution >= 0.6 is 0 Å². The Kier molecular flexibility index (Phi) is 3.12. The smallest absolute Gasteiger partial charge is 0.142 e. The summed E-state index contributed by atoms with van der Waals surface area (Å²) in [6, 6.07) is 1.82. The molecule has 0 saturated heterocycles. The maximum atomic E-state index is 11.3. The molecule has 1 rings (SSSR count). The Morgan fingerprint density at radius 3 is 2.77 bits per heavy atom. The van der Waals surface area contributed by atoms with Gasteiger partial charge in [0.05, 0.1) is 6.42 Å². The van der Waals surface area contributed by atoms with Gasteiger partial charge in [-0.2, -0.15) is 0 Å². The van der Waals surface area contributed by atoms with Gasteiger partial charge in [0.15, 0.2) is 0 Å². The second-order valence-electron chi connectivity index (χ2n) is 3.41. The number of hydrogen-bond donors (Lipinski definition) is 0. The van der Waals surface area contributed by atoms with Crippen molar-refractivity contribution in [2.24, 2.45) is 5.92 Å². The highest BCUT2D eigenvalue weighted by molar-refractivity contribution is 5.81. The molecule has 1 heterocycles. The fourth-order valence-corrected chi connectivity index (χ4v) is 0.946. The average Bonchev–Trinajstić information content (AvgIpc) is 2.04. The topological polar surface area (TPSA) is 42.9 Å². The summed E-state index contributed by atoms with van der Waals surface area (Å²) in [5.41, 5.74) is 0.904. The lowest BCUT2D eigenvalue weighted by Crippen LogP contribution is -2.12. The molecule has 3 heteroatoms. The summed E-state index contributed by atoms with van der Waals surface area (Å²) < 4.78 is 0.